The summed E-state index contributed by atoms with van der Waals surface area (Å²) in [5.74, 6) is -1.38. The van der Waals surface area contributed by atoms with Gasteiger partial charge in [0.15, 0.2) is 0 Å². The summed E-state index contributed by atoms with van der Waals surface area (Å²) in [5.41, 5.74) is 0. The van der Waals surface area contributed by atoms with Crippen molar-refractivity contribution in [1.82, 2.24) is 5.32 Å². The molecule has 0 radical (unpaired) electrons. The van der Waals surface area contributed by atoms with Crippen molar-refractivity contribution in [3.8, 4) is 0 Å². The van der Waals surface area contributed by atoms with Crippen LogP contribution in [-0.2, 0) is 14.3 Å². The molecule has 0 aromatic rings. The normalized spacial score (nSPS) is 12.1. The molecule has 0 saturated carbocycles. The highest BCUT2D eigenvalue weighted by molar-refractivity contribution is 5.81. The van der Waals surface area contributed by atoms with Crippen molar-refractivity contribution in [3.63, 3.8) is 0 Å². The van der Waals surface area contributed by atoms with Crippen LogP contribution in [-0.4, -0.2) is 36.2 Å². The van der Waals surface area contributed by atoms with Gasteiger partial charge in [0.1, 0.15) is 6.04 Å². The number of unbranched alkanes of at least 4 members (excludes halogenated alkanes) is 17. The molecule has 0 aliphatic heterocycles. The maximum Gasteiger partial charge on any atom is 0.321 e. The van der Waals surface area contributed by atoms with Crippen LogP contribution in [0.3, 0.4) is 0 Å². The van der Waals surface area contributed by atoms with Gasteiger partial charge in [-0.05, 0) is 19.4 Å². The van der Waals surface area contributed by atoms with Crippen LogP contribution in [0.5, 0.6) is 0 Å². The molecule has 190 valence electrons. The van der Waals surface area contributed by atoms with Crippen molar-refractivity contribution < 1.29 is 19.4 Å². The van der Waals surface area contributed by atoms with Gasteiger partial charge in [0.25, 0.3) is 0 Å². The smallest absolute Gasteiger partial charge is 0.321 e. The van der Waals surface area contributed by atoms with E-state index in [4.69, 9.17) is 4.74 Å². The summed E-state index contributed by atoms with van der Waals surface area (Å²) in [7, 11) is 0. The number of carbonyl (C=O) groups is 2. The summed E-state index contributed by atoms with van der Waals surface area (Å²) in [6.45, 7) is 5.51. The van der Waals surface area contributed by atoms with Crippen molar-refractivity contribution >= 4 is 11.9 Å². The molecular formula is C27H53NO4. The van der Waals surface area contributed by atoms with Gasteiger partial charge in [-0.1, -0.05) is 123 Å². The van der Waals surface area contributed by atoms with Crippen LogP contribution in [0.15, 0.2) is 0 Å². The van der Waals surface area contributed by atoms with Gasteiger partial charge in [0.05, 0.1) is 13.0 Å². The molecule has 32 heavy (non-hydrogen) atoms. The van der Waals surface area contributed by atoms with Gasteiger partial charge < -0.3 is 15.2 Å². The standard InChI is InChI=1S/C27H53NO4/c1-3-5-7-9-11-13-15-17-19-21-23-32-26(29)24-25(27(30)31)28-22-20-18-16-14-12-10-8-6-4-2/h25,28H,3-24H2,1-2H3,(H,30,31). The molecule has 0 aromatic heterocycles. The largest absolute Gasteiger partial charge is 0.480 e. The first-order chi connectivity index (χ1) is 15.6. The quantitative estimate of drug-likeness (QED) is 0.111. The van der Waals surface area contributed by atoms with E-state index in [0.717, 1.165) is 25.7 Å². The number of ether oxygens (including phenoxy) is 1. The molecule has 1 unspecified atom stereocenters. The average molecular weight is 456 g/mol. The van der Waals surface area contributed by atoms with Crippen molar-refractivity contribution in [3.05, 3.63) is 0 Å². The van der Waals surface area contributed by atoms with Crippen LogP contribution >= 0.6 is 0 Å². The van der Waals surface area contributed by atoms with Crippen molar-refractivity contribution in [2.75, 3.05) is 13.2 Å². The number of aliphatic carboxylic acids is 1. The van der Waals surface area contributed by atoms with E-state index >= 15 is 0 Å². The van der Waals surface area contributed by atoms with Crippen LogP contribution < -0.4 is 5.32 Å². The van der Waals surface area contributed by atoms with Crippen molar-refractivity contribution in [1.29, 1.82) is 0 Å². The number of hydrogen-bond acceptors (Lipinski definition) is 4. The highest BCUT2D eigenvalue weighted by atomic mass is 16.5. The fourth-order valence-corrected chi connectivity index (χ4v) is 3.96. The van der Waals surface area contributed by atoms with Gasteiger partial charge in [-0.25, -0.2) is 0 Å². The molecule has 5 nitrogen and oxygen atoms in total. The van der Waals surface area contributed by atoms with E-state index in [1.807, 2.05) is 0 Å². The summed E-state index contributed by atoms with van der Waals surface area (Å²) < 4.78 is 5.25. The SMILES string of the molecule is CCCCCCCCCCCCOC(=O)CC(NCCCCCCCCCCC)C(=O)O. The lowest BCUT2D eigenvalue weighted by Crippen LogP contribution is -2.39. The number of carbonyl (C=O) groups excluding carboxylic acids is 1. The summed E-state index contributed by atoms with van der Waals surface area (Å²) in [5, 5.41) is 12.4. The molecular weight excluding hydrogens is 402 g/mol. The number of rotatable bonds is 25. The Morgan fingerprint density at radius 1 is 0.656 bits per heavy atom. The molecule has 0 heterocycles. The number of carboxylic acids is 1. The predicted octanol–water partition coefficient (Wildman–Crippen LogP) is 7.41. The molecule has 0 bridgehead atoms. The highest BCUT2D eigenvalue weighted by Crippen LogP contribution is 2.11. The Balaban J connectivity index is 3.60. The van der Waals surface area contributed by atoms with E-state index in [0.29, 0.717) is 13.2 Å². The fraction of sp³-hybridized carbons (Fsp3) is 0.926. The van der Waals surface area contributed by atoms with Gasteiger partial charge in [0, 0.05) is 0 Å². The molecule has 0 aliphatic carbocycles. The van der Waals surface area contributed by atoms with Crippen molar-refractivity contribution in [2.24, 2.45) is 0 Å². The maximum absolute atomic E-state index is 12.0. The second-order valence-corrected chi connectivity index (χ2v) is 9.28. The first kappa shape index (κ1) is 30.9. The van der Waals surface area contributed by atoms with Crippen LogP contribution in [0.4, 0.5) is 0 Å². The molecule has 5 heteroatoms. The Morgan fingerprint density at radius 3 is 1.50 bits per heavy atom. The number of nitrogens with one attached hydrogen (secondary N) is 1. The molecule has 0 rings (SSSR count). The molecule has 0 amide bonds. The Kier molecular flexibility index (Phi) is 23.7. The van der Waals surface area contributed by atoms with E-state index in [-0.39, 0.29) is 6.42 Å². The monoisotopic (exact) mass is 455 g/mol. The number of hydrogen-bond donors (Lipinski definition) is 2. The Bertz CT molecular complexity index is 428. The number of carboxylic acid groups (broad SMARTS) is 1. The zero-order valence-electron chi connectivity index (χ0n) is 21.3. The van der Waals surface area contributed by atoms with E-state index in [9.17, 15) is 14.7 Å². The first-order valence-electron chi connectivity index (χ1n) is 13.7. The van der Waals surface area contributed by atoms with Gasteiger partial charge in [-0.15, -0.1) is 0 Å². The van der Waals surface area contributed by atoms with E-state index in [1.54, 1.807) is 0 Å². The average Bonchev–Trinajstić information content (AvgIpc) is 2.77. The van der Waals surface area contributed by atoms with Crippen LogP contribution in [0.25, 0.3) is 0 Å². The third kappa shape index (κ3) is 22.1. The summed E-state index contributed by atoms with van der Waals surface area (Å²) in [6.07, 6.45) is 23.4. The highest BCUT2D eigenvalue weighted by Gasteiger charge is 2.21. The molecule has 2 N–H and O–H groups in total. The second kappa shape index (κ2) is 24.5. The van der Waals surface area contributed by atoms with Gasteiger partial charge in [-0.2, -0.15) is 0 Å². The summed E-state index contributed by atoms with van der Waals surface area (Å²) in [4.78, 5) is 23.4. The molecule has 0 aromatic carbocycles. The van der Waals surface area contributed by atoms with E-state index in [1.165, 1.54) is 96.3 Å². The van der Waals surface area contributed by atoms with Crippen LogP contribution in [0.2, 0.25) is 0 Å². The molecule has 0 fully saturated rings. The van der Waals surface area contributed by atoms with Crippen LogP contribution in [0.1, 0.15) is 142 Å². The zero-order valence-corrected chi connectivity index (χ0v) is 21.3. The number of esters is 1. The lowest BCUT2D eigenvalue weighted by molar-refractivity contribution is -0.149. The topological polar surface area (TPSA) is 75.6 Å². The zero-order chi connectivity index (χ0) is 23.7. The van der Waals surface area contributed by atoms with Gasteiger partial charge in [-0.3, -0.25) is 9.59 Å². The maximum atomic E-state index is 12.0. The van der Waals surface area contributed by atoms with Gasteiger partial charge >= 0.3 is 11.9 Å². The van der Waals surface area contributed by atoms with E-state index < -0.39 is 18.0 Å². The summed E-state index contributed by atoms with van der Waals surface area (Å²) in [6, 6.07) is -0.843. The van der Waals surface area contributed by atoms with Gasteiger partial charge in [0.2, 0.25) is 0 Å². The first-order valence-corrected chi connectivity index (χ1v) is 13.7. The fourth-order valence-electron chi connectivity index (χ4n) is 3.96. The predicted molar refractivity (Wildman–Crippen MR) is 134 cm³/mol. The lowest BCUT2D eigenvalue weighted by atomic mass is 10.1. The lowest BCUT2D eigenvalue weighted by Gasteiger charge is -2.14. The minimum absolute atomic E-state index is 0.0927. The minimum Gasteiger partial charge on any atom is -0.480 e. The third-order valence-electron chi connectivity index (χ3n) is 6.10. The van der Waals surface area contributed by atoms with Crippen molar-refractivity contribution in [2.45, 2.75) is 148 Å². The Labute approximate surface area is 198 Å². The molecule has 1 atom stereocenters. The summed E-state index contributed by atoms with van der Waals surface area (Å²) >= 11 is 0. The molecule has 0 saturated heterocycles. The second-order valence-electron chi connectivity index (χ2n) is 9.28. The Morgan fingerprint density at radius 2 is 1.06 bits per heavy atom. The minimum atomic E-state index is -0.975. The third-order valence-corrected chi connectivity index (χ3v) is 6.10. The van der Waals surface area contributed by atoms with Crippen LogP contribution in [0, 0.1) is 0 Å². The molecule has 0 aliphatic rings. The van der Waals surface area contributed by atoms with E-state index in [2.05, 4.69) is 19.2 Å². The Hall–Kier alpha value is -1.10. The molecule has 0 spiro atoms.